The Bertz CT molecular complexity index is 564. The monoisotopic (exact) mass is 262 g/mol. The summed E-state index contributed by atoms with van der Waals surface area (Å²) >= 11 is 0. The minimum absolute atomic E-state index is 0.128. The van der Waals surface area contributed by atoms with Gasteiger partial charge in [-0.15, -0.1) is 0 Å². The van der Waals surface area contributed by atoms with Crippen molar-refractivity contribution in [2.24, 2.45) is 0 Å². The second kappa shape index (κ2) is 5.81. The number of rotatable bonds is 3. The third-order valence-electron chi connectivity index (χ3n) is 2.31. The van der Waals surface area contributed by atoms with Gasteiger partial charge in [0, 0.05) is 5.69 Å². The van der Waals surface area contributed by atoms with Crippen LogP contribution in [0.4, 0.5) is 10.1 Å². The normalized spacial score (nSPS) is 9.95. The van der Waals surface area contributed by atoms with Gasteiger partial charge in [-0.25, -0.2) is 4.39 Å². The molecule has 0 aliphatic rings. The Balaban J connectivity index is 1.85. The van der Waals surface area contributed by atoms with Crippen LogP contribution in [-0.2, 0) is 16.1 Å². The lowest BCUT2D eigenvalue weighted by molar-refractivity contribution is -0.136. The zero-order valence-electron chi connectivity index (χ0n) is 9.85. The summed E-state index contributed by atoms with van der Waals surface area (Å²) in [6.07, 6.45) is 1.47. The molecule has 0 bridgehead atoms. The molecule has 0 saturated carbocycles. The minimum atomic E-state index is -0.821. The van der Waals surface area contributed by atoms with Crippen LogP contribution in [0.3, 0.4) is 0 Å². The van der Waals surface area contributed by atoms with E-state index in [1.165, 1.54) is 30.5 Å². The van der Waals surface area contributed by atoms with Gasteiger partial charge in [-0.2, -0.15) is 0 Å². The molecule has 0 radical (unpaired) electrons. The maximum atomic E-state index is 12.7. The van der Waals surface area contributed by atoms with E-state index in [4.69, 9.17) is 4.42 Å². The molecule has 2 amide bonds. The maximum Gasteiger partial charge on any atom is 0.313 e. The van der Waals surface area contributed by atoms with Crippen LogP contribution < -0.4 is 10.6 Å². The summed E-state index contributed by atoms with van der Waals surface area (Å²) in [5.74, 6) is -1.48. The second-order valence-corrected chi connectivity index (χ2v) is 3.72. The summed E-state index contributed by atoms with van der Waals surface area (Å²) in [6.45, 7) is 0.128. The van der Waals surface area contributed by atoms with E-state index < -0.39 is 17.6 Å². The summed E-state index contributed by atoms with van der Waals surface area (Å²) in [7, 11) is 0. The van der Waals surface area contributed by atoms with E-state index in [0.29, 0.717) is 11.4 Å². The molecule has 0 atom stereocenters. The first-order valence-electron chi connectivity index (χ1n) is 5.52. The molecule has 5 nitrogen and oxygen atoms in total. The van der Waals surface area contributed by atoms with Crippen LogP contribution in [0, 0.1) is 5.82 Å². The van der Waals surface area contributed by atoms with Crippen molar-refractivity contribution in [1.29, 1.82) is 0 Å². The molecule has 0 saturated heterocycles. The van der Waals surface area contributed by atoms with Gasteiger partial charge in [0.05, 0.1) is 12.8 Å². The highest BCUT2D eigenvalue weighted by molar-refractivity contribution is 6.39. The summed E-state index contributed by atoms with van der Waals surface area (Å²) in [5, 5.41) is 4.75. The van der Waals surface area contributed by atoms with E-state index in [-0.39, 0.29) is 6.54 Å². The minimum Gasteiger partial charge on any atom is -0.467 e. The number of nitrogens with one attached hydrogen (secondary N) is 2. The highest BCUT2D eigenvalue weighted by Crippen LogP contribution is 2.07. The van der Waals surface area contributed by atoms with Gasteiger partial charge >= 0.3 is 11.8 Å². The van der Waals surface area contributed by atoms with Crippen LogP contribution in [0.15, 0.2) is 47.1 Å². The molecule has 98 valence electrons. The van der Waals surface area contributed by atoms with Gasteiger partial charge in [0.1, 0.15) is 11.6 Å². The molecule has 0 aliphatic carbocycles. The smallest absolute Gasteiger partial charge is 0.313 e. The summed E-state index contributed by atoms with van der Waals surface area (Å²) in [5.41, 5.74) is 0.347. The Kier molecular flexibility index (Phi) is 3.92. The van der Waals surface area contributed by atoms with Crippen LogP contribution in [-0.4, -0.2) is 11.8 Å². The first-order chi connectivity index (χ1) is 9.15. The van der Waals surface area contributed by atoms with Crippen LogP contribution in [0.2, 0.25) is 0 Å². The Hall–Kier alpha value is -2.63. The lowest BCUT2D eigenvalue weighted by Gasteiger charge is -2.05. The number of carbonyl (C=O) groups excluding carboxylic acids is 2. The van der Waals surface area contributed by atoms with Gasteiger partial charge in [0.25, 0.3) is 0 Å². The predicted molar refractivity (Wildman–Crippen MR) is 65.6 cm³/mol. The summed E-state index contributed by atoms with van der Waals surface area (Å²) < 4.78 is 17.7. The third kappa shape index (κ3) is 3.67. The highest BCUT2D eigenvalue weighted by atomic mass is 19.1. The molecule has 19 heavy (non-hydrogen) atoms. The molecule has 2 aromatic rings. The van der Waals surface area contributed by atoms with Crippen molar-refractivity contribution < 1.29 is 18.4 Å². The van der Waals surface area contributed by atoms with Crippen molar-refractivity contribution in [3.05, 3.63) is 54.2 Å². The number of carbonyl (C=O) groups is 2. The number of anilines is 1. The average molecular weight is 262 g/mol. The van der Waals surface area contributed by atoms with E-state index >= 15 is 0 Å². The molecular formula is C13H11FN2O3. The quantitative estimate of drug-likeness (QED) is 0.826. The SMILES string of the molecule is O=C(NCc1ccco1)C(=O)Nc1ccc(F)cc1. The molecular weight excluding hydrogens is 251 g/mol. The molecule has 2 rings (SSSR count). The largest absolute Gasteiger partial charge is 0.467 e. The van der Waals surface area contributed by atoms with E-state index in [0.717, 1.165) is 0 Å². The van der Waals surface area contributed by atoms with Crippen LogP contribution in [0.25, 0.3) is 0 Å². The number of hydrogen-bond acceptors (Lipinski definition) is 3. The number of amides is 2. The molecule has 6 heteroatoms. The Morgan fingerprint density at radius 3 is 2.47 bits per heavy atom. The van der Waals surface area contributed by atoms with E-state index in [1.807, 2.05) is 0 Å². The fourth-order valence-electron chi connectivity index (χ4n) is 1.38. The van der Waals surface area contributed by atoms with Gasteiger partial charge in [-0.05, 0) is 36.4 Å². The second-order valence-electron chi connectivity index (χ2n) is 3.72. The molecule has 0 aliphatic heterocycles. The van der Waals surface area contributed by atoms with Gasteiger partial charge in [-0.1, -0.05) is 0 Å². The van der Waals surface area contributed by atoms with Gasteiger partial charge in [0.2, 0.25) is 0 Å². The molecule has 0 unspecified atom stereocenters. The fourth-order valence-corrected chi connectivity index (χ4v) is 1.38. The van der Waals surface area contributed by atoms with E-state index in [1.54, 1.807) is 12.1 Å². The molecule has 1 heterocycles. The number of furan rings is 1. The molecule has 1 aromatic carbocycles. The van der Waals surface area contributed by atoms with Crippen LogP contribution in [0.1, 0.15) is 5.76 Å². The number of halogens is 1. The van der Waals surface area contributed by atoms with Crippen molar-refractivity contribution in [3.63, 3.8) is 0 Å². The van der Waals surface area contributed by atoms with Crippen molar-refractivity contribution in [1.82, 2.24) is 5.32 Å². The zero-order chi connectivity index (χ0) is 13.7. The standard InChI is InChI=1S/C13H11FN2O3/c14-9-3-5-10(6-4-9)16-13(18)12(17)15-8-11-2-1-7-19-11/h1-7H,8H2,(H,15,17)(H,16,18). The highest BCUT2D eigenvalue weighted by Gasteiger charge is 2.13. The Labute approximate surface area is 108 Å². The summed E-state index contributed by atoms with van der Waals surface area (Å²) in [4.78, 5) is 23.0. The predicted octanol–water partition coefficient (Wildman–Crippen LogP) is 1.67. The lowest BCUT2D eigenvalue weighted by Crippen LogP contribution is -2.34. The first-order valence-corrected chi connectivity index (χ1v) is 5.52. The van der Waals surface area contributed by atoms with Crippen molar-refractivity contribution in [2.75, 3.05) is 5.32 Å². The van der Waals surface area contributed by atoms with E-state index in [2.05, 4.69) is 10.6 Å². The third-order valence-corrected chi connectivity index (χ3v) is 2.31. The Morgan fingerprint density at radius 1 is 1.11 bits per heavy atom. The van der Waals surface area contributed by atoms with Crippen LogP contribution >= 0.6 is 0 Å². The lowest BCUT2D eigenvalue weighted by atomic mass is 10.3. The van der Waals surface area contributed by atoms with Gasteiger partial charge < -0.3 is 15.1 Å². The van der Waals surface area contributed by atoms with Gasteiger partial charge in [-0.3, -0.25) is 9.59 Å². The van der Waals surface area contributed by atoms with E-state index in [9.17, 15) is 14.0 Å². The van der Waals surface area contributed by atoms with Crippen molar-refractivity contribution >= 4 is 17.5 Å². The summed E-state index contributed by atoms with van der Waals surface area (Å²) in [6, 6.07) is 8.48. The number of hydrogen-bond donors (Lipinski definition) is 2. The topological polar surface area (TPSA) is 71.3 Å². The molecule has 1 aromatic heterocycles. The number of benzene rings is 1. The first kappa shape index (κ1) is 12.8. The Morgan fingerprint density at radius 2 is 1.84 bits per heavy atom. The molecule has 0 fully saturated rings. The van der Waals surface area contributed by atoms with Crippen molar-refractivity contribution in [3.8, 4) is 0 Å². The molecule has 0 spiro atoms. The molecule has 2 N–H and O–H groups in total. The van der Waals surface area contributed by atoms with Crippen molar-refractivity contribution in [2.45, 2.75) is 6.54 Å². The average Bonchev–Trinajstić information content (AvgIpc) is 2.91. The van der Waals surface area contributed by atoms with Crippen LogP contribution in [0.5, 0.6) is 0 Å². The fraction of sp³-hybridized carbons (Fsp3) is 0.0769. The maximum absolute atomic E-state index is 12.7. The van der Waals surface area contributed by atoms with Gasteiger partial charge in [0.15, 0.2) is 0 Å². The zero-order valence-corrected chi connectivity index (χ0v) is 9.85.